The van der Waals surface area contributed by atoms with Crippen LogP contribution in [-0.2, 0) is 25.7 Å². The fraction of sp³-hybridized carbons (Fsp3) is 0.600. The quantitative estimate of drug-likeness (QED) is 0.763. The van der Waals surface area contributed by atoms with E-state index in [-0.39, 0.29) is 24.0 Å². The Balaban J connectivity index is 0.000000423. The number of halogens is 3. The summed E-state index contributed by atoms with van der Waals surface area (Å²) in [6, 6.07) is 3.91. The molecule has 1 aromatic heterocycles. The van der Waals surface area contributed by atoms with Crippen molar-refractivity contribution in [1.29, 1.82) is 0 Å². The van der Waals surface area contributed by atoms with E-state index in [2.05, 4.69) is 4.98 Å². The van der Waals surface area contributed by atoms with E-state index in [1.54, 1.807) is 13.3 Å². The van der Waals surface area contributed by atoms with Crippen molar-refractivity contribution >= 4 is 17.8 Å². The van der Waals surface area contributed by atoms with Crippen molar-refractivity contribution in [1.82, 2.24) is 14.8 Å². The number of hydrogen-bond acceptors (Lipinski definition) is 5. The summed E-state index contributed by atoms with van der Waals surface area (Å²) in [5, 5.41) is 7.12. The highest BCUT2D eigenvalue weighted by molar-refractivity contribution is 5.80. The van der Waals surface area contributed by atoms with Crippen LogP contribution in [0.4, 0.5) is 13.2 Å². The molecule has 1 atom stereocenters. The number of carboxylic acids is 1. The van der Waals surface area contributed by atoms with Gasteiger partial charge in [0.2, 0.25) is 11.8 Å². The molecule has 1 spiro atoms. The maximum atomic E-state index is 12.5. The summed E-state index contributed by atoms with van der Waals surface area (Å²) in [6.07, 6.45) is 2.70. The maximum Gasteiger partial charge on any atom is 0.490 e. The van der Waals surface area contributed by atoms with Gasteiger partial charge in [0.25, 0.3) is 0 Å². The van der Waals surface area contributed by atoms with Crippen LogP contribution in [0.3, 0.4) is 0 Å². The normalized spacial score (nSPS) is 21.5. The number of likely N-dealkylation sites (tertiary alicyclic amines) is 2. The number of aromatic nitrogens is 1. The molecule has 3 rings (SSSR count). The van der Waals surface area contributed by atoms with E-state index in [1.807, 2.05) is 28.1 Å². The molecule has 2 saturated heterocycles. The van der Waals surface area contributed by atoms with Crippen LogP contribution in [0.1, 0.15) is 37.7 Å². The number of hydrogen-bond donors (Lipinski definition) is 1. The Morgan fingerprint density at radius 1 is 1.26 bits per heavy atom. The largest absolute Gasteiger partial charge is 0.490 e. The second-order valence-electron chi connectivity index (χ2n) is 7.54. The molecule has 1 N–H and O–H groups in total. The summed E-state index contributed by atoms with van der Waals surface area (Å²) in [5.41, 5.74) is 0.943. The highest BCUT2D eigenvalue weighted by Crippen LogP contribution is 2.40. The SMILES string of the molecule is COCC(=O)N1CCCC2(CCC(=O)N2Cc2cccnc2)CC1.O=C(O)C(F)(F)F. The number of carbonyl (C=O) groups excluding carboxylic acids is 2. The first-order chi connectivity index (χ1) is 14.6. The van der Waals surface area contributed by atoms with E-state index < -0.39 is 12.1 Å². The average Bonchev–Trinajstić information content (AvgIpc) is 2.89. The van der Waals surface area contributed by atoms with Crippen LogP contribution in [-0.4, -0.2) is 76.2 Å². The Morgan fingerprint density at radius 2 is 1.97 bits per heavy atom. The van der Waals surface area contributed by atoms with Crippen LogP contribution in [0, 0.1) is 0 Å². The minimum absolute atomic E-state index is 0.0395. The molecule has 0 aromatic carbocycles. The van der Waals surface area contributed by atoms with Gasteiger partial charge < -0.3 is 19.6 Å². The molecular formula is C20H26F3N3O5. The topological polar surface area (TPSA) is 100 Å². The van der Waals surface area contributed by atoms with Crippen LogP contribution in [0.5, 0.6) is 0 Å². The number of alkyl halides is 3. The molecule has 31 heavy (non-hydrogen) atoms. The molecule has 3 heterocycles. The first kappa shape index (κ1) is 24.6. The Hall–Kier alpha value is -2.69. The number of carboxylic acid groups (broad SMARTS) is 1. The summed E-state index contributed by atoms with van der Waals surface area (Å²) in [6.45, 7) is 2.18. The van der Waals surface area contributed by atoms with Gasteiger partial charge >= 0.3 is 12.1 Å². The highest BCUT2D eigenvalue weighted by Gasteiger charge is 2.45. The zero-order valence-corrected chi connectivity index (χ0v) is 17.2. The summed E-state index contributed by atoms with van der Waals surface area (Å²) in [7, 11) is 1.54. The summed E-state index contributed by atoms with van der Waals surface area (Å²) < 4.78 is 36.7. The Labute approximate surface area is 178 Å². The minimum Gasteiger partial charge on any atom is -0.475 e. The van der Waals surface area contributed by atoms with Gasteiger partial charge in [0.15, 0.2) is 0 Å². The maximum absolute atomic E-state index is 12.5. The van der Waals surface area contributed by atoms with Crippen molar-refractivity contribution in [3.63, 3.8) is 0 Å². The lowest BCUT2D eigenvalue weighted by Crippen LogP contribution is -2.46. The Morgan fingerprint density at radius 3 is 2.55 bits per heavy atom. The molecule has 8 nitrogen and oxygen atoms in total. The van der Waals surface area contributed by atoms with E-state index in [1.165, 1.54) is 0 Å². The zero-order valence-electron chi connectivity index (χ0n) is 17.2. The molecule has 0 aliphatic carbocycles. The van der Waals surface area contributed by atoms with Gasteiger partial charge in [0.1, 0.15) is 6.61 Å². The van der Waals surface area contributed by atoms with Gasteiger partial charge in [-0.2, -0.15) is 13.2 Å². The molecule has 2 fully saturated rings. The van der Waals surface area contributed by atoms with Crippen molar-refractivity contribution in [2.24, 2.45) is 0 Å². The number of amides is 2. The molecule has 2 aliphatic rings. The second kappa shape index (κ2) is 10.6. The first-order valence-corrected chi connectivity index (χ1v) is 9.85. The van der Waals surface area contributed by atoms with Crippen LogP contribution < -0.4 is 0 Å². The third kappa shape index (κ3) is 6.65. The predicted molar refractivity (Wildman–Crippen MR) is 103 cm³/mol. The number of nitrogens with zero attached hydrogens (tertiary/aromatic N) is 3. The van der Waals surface area contributed by atoms with E-state index in [0.29, 0.717) is 19.5 Å². The van der Waals surface area contributed by atoms with Gasteiger partial charge in [-0.25, -0.2) is 4.79 Å². The van der Waals surface area contributed by atoms with Crippen LogP contribution in [0.2, 0.25) is 0 Å². The molecule has 11 heteroatoms. The van der Waals surface area contributed by atoms with Crippen molar-refractivity contribution in [3.8, 4) is 0 Å². The van der Waals surface area contributed by atoms with Gasteiger partial charge in [-0.1, -0.05) is 6.07 Å². The monoisotopic (exact) mass is 445 g/mol. The standard InChI is InChI=1S/C18H25N3O3.C2HF3O2/c1-24-14-17(23)20-10-3-6-18(8-11-20)7-5-16(22)21(18)13-15-4-2-9-19-12-15;3-2(4,5)1(6)7/h2,4,9,12H,3,5-8,10-11,13-14H2,1H3;(H,6,7). The lowest BCUT2D eigenvalue weighted by atomic mass is 9.87. The van der Waals surface area contributed by atoms with E-state index in [9.17, 15) is 22.8 Å². The lowest BCUT2D eigenvalue weighted by molar-refractivity contribution is -0.192. The number of rotatable bonds is 4. The Kier molecular flexibility index (Phi) is 8.37. The molecule has 0 saturated carbocycles. The predicted octanol–water partition coefficient (Wildman–Crippen LogP) is 2.23. The number of methoxy groups -OCH3 is 1. The van der Waals surface area contributed by atoms with Crippen molar-refractivity contribution in [3.05, 3.63) is 30.1 Å². The molecule has 1 aromatic rings. The molecule has 2 aliphatic heterocycles. The van der Waals surface area contributed by atoms with Crippen LogP contribution in [0.15, 0.2) is 24.5 Å². The summed E-state index contributed by atoms with van der Waals surface area (Å²) in [4.78, 5) is 41.6. The third-order valence-electron chi connectivity index (χ3n) is 5.52. The molecule has 0 radical (unpaired) electrons. The van der Waals surface area contributed by atoms with Gasteiger partial charge in [-0.05, 0) is 37.3 Å². The van der Waals surface area contributed by atoms with Crippen molar-refractivity contribution in [2.75, 3.05) is 26.8 Å². The molecule has 1 unspecified atom stereocenters. The second-order valence-corrected chi connectivity index (χ2v) is 7.54. The van der Waals surface area contributed by atoms with Crippen LogP contribution in [0.25, 0.3) is 0 Å². The van der Waals surface area contributed by atoms with E-state index in [4.69, 9.17) is 14.6 Å². The molecule has 172 valence electrons. The zero-order chi connectivity index (χ0) is 23.1. The number of pyridine rings is 1. The van der Waals surface area contributed by atoms with Crippen molar-refractivity contribution < 1.29 is 37.4 Å². The number of aliphatic carboxylic acids is 1. The average molecular weight is 445 g/mol. The van der Waals surface area contributed by atoms with Gasteiger partial charge in [0.05, 0.1) is 0 Å². The lowest BCUT2D eigenvalue weighted by Gasteiger charge is -2.38. The van der Waals surface area contributed by atoms with Gasteiger partial charge in [0, 0.05) is 51.1 Å². The van der Waals surface area contributed by atoms with E-state index in [0.717, 1.165) is 37.8 Å². The fourth-order valence-corrected chi connectivity index (χ4v) is 3.97. The third-order valence-corrected chi connectivity index (χ3v) is 5.52. The van der Waals surface area contributed by atoms with E-state index >= 15 is 0 Å². The highest BCUT2D eigenvalue weighted by atomic mass is 19.4. The fourth-order valence-electron chi connectivity index (χ4n) is 3.97. The molecule has 2 amide bonds. The number of carbonyl (C=O) groups is 3. The summed E-state index contributed by atoms with van der Waals surface area (Å²) >= 11 is 0. The Bertz CT molecular complexity index is 775. The van der Waals surface area contributed by atoms with Gasteiger partial charge in [-0.15, -0.1) is 0 Å². The van der Waals surface area contributed by atoms with Crippen molar-refractivity contribution in [2.45, 2.75) is 50.4 Å². The molecular weight excluding hydrogens is 419 g/mol. The summed E-state index contributed by atoms with van der Waals surface area (Å²) in [5.74, 6) is -2.50. The molecule has 0 bridgehead atoms. The first-order valence-electron chi connectivity index (χ1n) is 9.85. The smallest absolute Gasteiger partial charge is 0.475 e. The minimum atomic E-state index is -5.08. The van der Waals surface area contributed by atoms with Gasteiger partial charge in [-0.3, -0.25) is 14.6 Å². The van der Waals surface area contributed by atoms with Crippen LogP contribution >= 0.6 is 0 Å². The number of ether oxygens (including phenoxy) is 1.